The minimum absolute atomic E-state index is 0.256. The Bertz CT molecular complexity index is 647. The zero-order valence-corrected chi connectivity index (χ0v) is 11.1. The van der Waals surface area contributed by atoms with Crippen LogP contribution in [0, 0.1) is 5.41 Å². The van der Waals surface area contributed by atoms with E-state index in [2.05, 4.69) is 5.32 Å². The highest BCUT2D eigenvalue weighted by Gasteiger charge is 2.35. The number of fused-ring (bicyclic) bond motifs is 1. The number of hydrogen-bond acceptors (Lipinski definition) is 4. The van der Waals surface area contributed by atoms with Gasteiger partial charge in [-0.1, -0.05) is 6.42 Å². The van der Waals surface area contributed by atoms with Gasteiger partial charge in [-0.05, 0) is 36.9 Å². The van der Waals surface area contributed by atoms with Crippen molar-refractivity contribution >= 4 is 16.8 Å². The molecule has 0 atom stereocenters. The van der Waals surface area contributed by atoms with E-state index in [0.29, 0.717) is 5.58 Å². The van der Waals surface area contributed by atoms with Crippen molar-refractivity contribution in [1.82, 2.24) is 4.57 Å². The van der Waals surface area contributed by atoms with Crippen molar-refractivity contribution in [1.29, 1.82) is 0 Å². The fraction of sp³-hybridized carbons (Fsp3) is 0.500. The van der Waals surface area contributed by atoms with Crippen LogP contribution in [0.3, 0.4) is 0 Å². The summed E-state index contributed by atoms with van der Waals surface area (Å²) in [6, 6.07) is 5.75. The average Bonchev–Trinajstić information content (AvgIpc) is 2.64. The highest BCUT2D eigenvalue weighted by Crippen LogP contribution is 2.39. The standard InChI is InChI=1S/C14H19N3O2/c1-17-11-4-3-10(7-12(11)19-13(17)18)16-9-14(8-15)5-2-6-14/h3-4,7,16H,2,5-6,8-9,15H2,1H3. The first-order chi connectivity index (χ1) is 9.13. The van der Waals surface area contributed by atoms with Crippen LogP contribution in [-0.4, -0.2) is 17.7 Å². The van der Waals surface area contributed by atoms with Gasteiger partial charge < -0.3 is 15.5 Å². The first kappa shape index (κ1) is 12.3. The molecule has 0 aliphatic heterocycles. The van der Waals surface area contributed by atoms with Crippen LogP contribution in [-0.2, 0) is 7.05 Å². The van der Waals surface area contributed by atoms with Gasteiger partial charge in [-0.25, -0.2) is 4.79 Å². The third-order valence-corrected chi connectivity index (χ3v) is 4.31. The number of hydrogen-bond donors (Lipinski definition) is 2. The van der Waals surface area contributed by atoms with E-state index < -0.39 is 0 Å². The van der Waals surface area contributed by atoms with Crippen LogP contribution in [0.2, 0.25) is 0 Å². The number of oxazole rings is 1. The van der Waals surface area contributed by atoms with Crippen molar-refractivity contribution in [2.24, 2.45) is 18.2 Å². The van der Waals surface area contributed by atoms with E-state index in [4.69, 9.17) is 10.2 Å². The van der Waals surface area contributed by atoms with Crippen molar-refractivity contribution in [3.63, 3.8) is 0 Å². The molecule has 0 bridgehead atoms. The van der Waals surface area contributed by atoms with Crippen molar-refractivity contribution < 1.29 is 4.42 Å². The zero-order valence-electron chi connectivity index (χ0n) is 11.1. The van der Waals surface area contributed by atoms with Gasteiger partial charge in [-0.3, -0.25) is 4.57 Å². The first-order valence-electron chi connectivity index (χ1n) is 6.67. The molecule has 3 N–H and O–H groups in total. The number of rotatable bonds is 4. The molecule has 1 aliphatic carbocycles. The molecule has 1 aromatic heterocycles. The van der Waals surface area contributed by atoms with Crippen molar-refractivity contribution in [3.05, 3.63) is 28.7 Å². The fourth-order valence-electron chi connectivity index (χ4n) is 2.66. The molecule has 3 rings (SSSR count). The van der Waals surface area contributed by atoms with Gasteiger partial charge in [-0.15, -0.1) is 0 Å². The maximum absolute atomic E-state index is 11.4. The quantitative estimate of drug-likeness (QED) is 0.878. The molecule has 1 aromatic carbocycles. The zero-order chi connectivity index (χ0) is 13.5. The number of nitrogens with two attached hydrogens (primary N) is 1. The van der Waals surface area contributed by atoms with Crippen LogP contribution in [0.1, 0.15) is 19.3 Å². The second-order valence-corrected chi connectivity index (χ2v) is 5.52. The molecular formula is C14H19N3O2. The Balaban J connectivity index is 1.80. The normalized spacial score (nSPS) is 17.4. The molecule has 0 spiro atoms. The summed E-state index contributed by atoms with van der Waals surface area (Å²) in [4.78, 5) is 11.4. The summed E-state index contributed by atoms with van der Waals surface area (Å²) in [5.41, 5.74) is 8.50. The Hall–Kier alpha value is -1.75. The summed E-state index contributed by atoms with van der Waals surface area (Å²) >= 11 is 0. The molecule has 5 nitrogen and oxygen atoms in total. The largest absolute Gasteiger partial charge is 0.419 e. The predicted molar refractivity (Wildman–Crippen MR) is 75.3 cm³/mol. The predicted octanol–water partition coefficient (Wildman–Crippen LogP) is 1.67. The van der Waals surface area contributed by atoms with E-state index in [-0.39, 0.29) is 11.2 Å². The van der Waals surface area contributed by atoms with Gasteiger partial charge in [0.05, 0.1) is 5.52 Å². The van der Waals surface area contributed by atoms with Crippen molar-refractivity contribution in [2.75, 3.05) is 18.4 Å². The summed E-state index contributed by atoms with van der Waals surface area (Å²) in [6.07, 6.45) is 3.66. The van der Waals surface area contributed by atoms with Gasteiger partial charge in [0.2, 0.25) is 0 Å². The molecule has 1 saturated carbocycles. The maximum Gasteiger partial charge on any atom is 0.419 e. The van der Waals surface area contributed by atoms with Crippen LogP contribution in [0.4, 0.5) is 5.69 Å². The monoisotopic (exact) mass is 261 g/mol. The number of benzene rings is 1. The summed E-state index contributed by atoms with van der Waals surface area (Å²) in [7, 11) is 1.71. The fourth-order valence-corrected chi connectivity index (χ4v) is 2.66. The van der Waals surface area contributed by atoms with Gasteiger partial charge in [0.15, 0.2) is 5.58 Å². The summed E-state index contributed by atoms with van der Waals surface area (Å²) in [5, 5.41) is 3.41. The van der Waals surface area contributed by atoms with E-state index >= 15 is 0 Å². The van der Waals surface area contributed by atoms with Gasteiger partial charge >= 0.3 is 5.76 Å². The van der Waals surface area contributed by atoms with Crippen LogP contribution in [0.5, 0.6) is 0 Å². The molecule has 0 radical (unpaired) electrons. The Morgan fingerprint density at radius 2 is 2.26 bits per heavy atom. The third kappa shape index (κ3) is 2.04. The van der Waals surface area contributed by atoms with Crippen LogP contribution in [0.15, 0.2) is 27.4 Å². The lowest BCUT2D eigenvalue weighted by atomic mass is 9.69. The van der Waals surface area contributed by atoms with Crippen molar-refractivity contribution in [3.8, 4) is 0 Å². The Labute approximate surface area is 111 Å². The Morgan fingerprint density at radius 1 is 1.47 bits per heavy atom. The number of aryl methyl sites for hydroxylation is 1. The van der Waals surface area contributed by atoms with Crippen molar-refractivity contribution in [2.45, 2.75) is 19.3 Å². The minimum Gasteiger partial charge on any atom is -0.408 e. The smallest absolute Gasteiger partial charge is 0.408 e. The first-order valence-corrected chi connectivity index (χ1v) is 6.67. The number of anilines is 1. The molecular weight excluding hydrogens is 242 g/mol. The molecule has 1 heterocycles. The van der Waals surface area contributed by atoms with Crippen LogP contribution < -0.4 is 16.8 Å². The lowest BCUT2D eigenvalue weighted by molar-refractivity contribution is 0.163. The van der Waals surface area contributed by atoms with Gasteiger partial charge in [-0.2, -0.15) is 0 Å². The minimum atomic E-state index is -0.329. The lowest BCUT2D eigenvalue weighted by Crippen LogP contribution is -2.42. The summed E-state index contributed by atoms with van der Waals surface area (Å²) < 4.78 is 6.69. The Morgan fingerprint density at radius 3 is 2.89 bits per heavy atom. The highest BCUT2D eigenvalue weighted by molar-refractivity contribution is 5.77. The second kappa shape index (κ2) is 4.42. The summed E-state index contributed by atoms with van der Waals surface area (Å²) in [5.74, 6) is -0.329. The SMILES string of the molecule is Cn1c(=O)oc2cc(NCC3(CN)CCC3)ccc21. The van der Waals surface area contributed by atoms with E-state index in [1.54, 1.807) is 7.05 Å². The maximum atomic E-state index is 11.4. The number of aromatic nitrogens is 1. The average molecular weight is 261 g/mol. The third-order valence-electron chi connectivity index (χ3n) is 4.31. The highest BCUT2D eigenvalue weighted by atomic mass is 16.4. The lowest BCUT2D eigenvalue weighted by Gasteiger charge is -2.41. The second-order valence-electron chi connectivity index (χ2n) is 5.52. The van der Waals surface area contributed by atoms with Gasteiger partial charge in [0.1, 0.15) is 0 Å². The van der Waals surface area contributed by atoms with E-state index in [1.165, 1.54) is 23.8 Å². The van der Waals surface area contributed by atoms with Crippen LogP contribution >= 0.6 is 0 Å². The number of nitrogens with zero attached hydrogens (tertiary/aromatic N) is 1. The van der Waals surface area contributed by atoms with Gasteiger partial charge in [0, 0.05) is 25.3 Å². The van der Waals surface area contributed by atoms with E-state index in [0.717, 1.165) is 24.3 Å². The molecule has 1 aliphatic rings. The molecule has 102 valence electrons. The topological polar surface area (TPSA) is 73.2 Å². The van der Waals surface area contributed by atoms with Gasteiger partial charge in [0.25, 0.3) is 0 Å². The van der Waals surface area contributed by atoms with E-state index in [1.807, 2.05) is 18.2 Å². The molecule has 2 aromatic rings. The number of nitrogens with one attached hydrogen (secondary N) is 1. The summed E-state index contributed by atoms with van der Waals surface area (Å²) in [6.45, 7) is 1.61. The molecule has 0 amide bonds. The molecule has 0 saturated heterocycles. The Kier molecular flexibility index (Phi) is 2.86. The van der Waals surface area contributed by atoms with E-state index in [9.17, 15) is 4.79 Å². The molecule has 5 heteroatoms. The molecule has 19 heavy (non-hydrogen) atoms. The molecule has 1 fully saturated rings. The van der Waals surface area contributed by atoms with Crippen LogP contribution in [0.25, 0.3) is 11.1 Å². The molecule has 0 unspecified atom stereocenters.